The van der Waals surface area contributed by atoms with Crippen LogP contribution in [0.5, 0.6) is 0 Å². The highest BCUT2D eigenvalue weighted by molar-refractivity contribution is 8.00. The summed E-state index contributed by atoms with van der Waals surface area (Å²) in [7, 11) is 0. The number of carboxylic acid groups (broad SMARTS) is 1. The molecule has 1 aliphatic heterocycles. The third kappa shape index (κ3) is 3.40. The van der Waals surface area contributed by atoms with E-state index < -0.39 is 12.0 Å². The molecular weight excluding hydrogens is 286 g/mol. The molecule has 2 unspecified atom stereocenters. The van der Waals surface area contributed by atoms with E-state index in [-0.39, 0.29) is 11.3 Å². The van der Waals surface area contributed by atoms with Gasteiger partial charge in [-0.3, -0.25) is 4.79 Å². The van der Waals surface area contributed by atoms with Crippen LogP contribution in [0.1, 0.15) is 41.3 Å². The molecule has 1 N–H and O–H groups in total. The molecular formula is C16H21NO3S. The molecule has 21 heavy (non-hydrogen) atoms. The summed E-state index contributed by atoms with van der Waals surface area (Å²) in [5, 5.41) is 9.33. The van der Waals surface area contributed by atoms with E-state index in [1.165, 1.54) is 0 Å². The van der Waals surface area contributed by atoms with Gasteiger partial charge in [-0.15, -0.1) is 11.8 Å². The zero-order valence-corrected chi connectivity index (χ0v) is 13.4. The molecule has 1 amide bonds. The van der Waals surface area contributed by atoms with Crippen LogP contribution in [0.2, 0.25) is 0 Å². The van der Waals surface area contributed by atoms with Gasteiger partial charge in [0.05, 0.1) is 5.37 Å². The van der Waals surface area contributed by atoms with Gasteiger partial charge < -0.3 is 10.0 Å². The number of amides is 1. The van der Waals surface area contributed by atoms with E-state index in [9.17, 15) is 14.7 Å². The van der Waals surface area contributed by atoms with Crippen molar-refractivity contribution in [2.24, 2.45) is 0 Å². The number of carbonyl (C=O) groups excluding carboxylic acids is 1. The Kier molecular flexibility index (Phi) is 4.93. The lowest BCUT2D eigenvalue weighted by Crippen LogP contribution is -2.45. The fourth-order valence-electron chi connectivity index (χ4n) is 2.74. The normalized spacial score (nSPS) is 21.6. The number of carbonyl (C=O) groups is 2. The molecule has 1 aliphatic rings. The van der Waals surface area contributed by atoms with E-state index in [0.29, 0.717) is 11.3 Å². The number of rotatable bonds is 4. The molecule has 0 spiro atoms. The Morgan fingerprint density at radius 2 is 1.90 bits per heavy atom. The molecule has 0 bridgehead atoms. The monoisotopic (exact) mass is 307 g/mol. The second-order valence-electron chi connectivity index (χ2n) is 5.52. The smallest absolute Gasteiger partial charge is 0.327 e. The summed E-state index contributed by atoms with van der Waals surface area (Å²) < 4.78 is 0. The van der Waals surface area contributed by atoms with Gasteiger partial charge in [0.1, 0.15) is 6.04 Å². The first-order valence-electron chi connectivity index (χ1n) is 7.19. The first-order valence-corrected chi connectivity index (χ1v) is 8.24. The Morgan fingerprint density at radius 3 is 2.43 bits per heavy atom. The van der Waals surface area contributed by atoms with Crippen LogP contribution in [0.15, 0.2) is 18.2 Å². The lowest BCUT2D eigenvalue weighted by atomic mass is 10.1. The Morgan fingerprint density at radius 1 is 1.29 bits per heavy atom. The fourth-order valence-corrected chi connectivity index (χ4v) is 4.26. The number of aliphatic carboxylic acids is 1. The third-order valence-electron chi connectivity index (χ3n) is 3.62. The largest absolute Gasteiger partial charge is 0.480 e. The molecule has 1 saturated heterocycles. The van der Waals surface area contributed by atoms with Crippen molar-refractivity contribution in [2.75, 3.05) is 5.75 Å². The van der Waals surface area contributed by atoms with Crippen molar-refractivity contribution in [2.45, 2.75) is 45.0 Å². The van der Waals surface area contributed by atoms with E-state index >= 15 is 0 Å². The summed E-state index contributed by atoms with van der Waals surface area (Å²) in [6, 6.07) is 4.95. The minimum absolute atomic E-state index is 0.0376. The first kappa shape index (κ1) is 15.9. The molecule has 0 aromatic heterocycles. The number of benzene rings is 1. The molecule has 4 nitrogen and oxygen atoms in total. The number of carboxylic acids is 1. The van der Waals surface area contributed by atoms with Crippen molar-refractivity contribution >= 4 is 23.6 Å². The highest BCUT2D eigenvalue weighted by Crippen LogP contribution is 2.33. The topological polar surface area (TPSA) is 57.6 Å². The van der Waals surface area contributed by atoms with Gasteiger partial charge in [-0.2, -0.15) is 0 Å². The fraction of sp³-hybridized carbons (Fsp3) is 0.500. The molecule has 5 heteroatoms. The van der Waals surface area contributed by atoms with Gasteiger partial charge in [0, 0.05) is 11.3 Å². The highest BCUT2D eigenvalue weighted by Gasteiger charge is 2.41. The quantitative estimate of drug-likeness (QED) is 0.929. The van der Waals surface area contributed by atoms with Crippen LogP contribution in [0.3, 0.4) is 0 Å². The predicted octanol–water partition coefficient (Wildman–Crippen LogP) is 3.07. The SMILES string of the molecule is CCCC1SCC(C(=O)O)N1C(=O)c1cc(C)cc(C)c1. The van der Waals surface area contributed by atoms with Crippen LogP contribution < -0.4 is 0 Å². The molecule has 1 heterocycles. The van der Waals surface area contributed by atoms with Gasteiger partial charge in [0.25, 0.3) is 5.91 Å². The Labute approximate surface area is 129 Å². The third-order valence-corrected chi connectivity index (χ3v) is 4.97. The Hall–Kier alpha value is -1.49. The molecule has 0 saturated carbocycles. The summed E-state index contributed by atoms with van der Waals surface area (Å²) in [4.78, 5) is 25.8. The number of nitrogens with zero attached hydrogens (tertiary/aromatic N) is 1. The molecule has 114 valence electrons. The van der Waals surface area contributed by atoms with E-state index in [1.807, 2.05) is 39.0 Å². The number of aryl methyl sites for hydroxylation is 2. The molecule has 1 fully saturated rings. The van der Waals surface area contributed by atoms with Crippen LogP contribution in [-0.2, 0) is 4.79 Å². The lowest BCUT2D eigenvalue weighted by molar-refractivity contribution is -0.141. The van der Waals surface area contributed by atoms with Gasteiger partial charge in [-0.25, -0.2) is 4.79 Å². The average molecular weight is 307 g/mol. The highest BCUT2D eigenvalue weighted by atomic mass is 32.2. The maximum absolute atomic E-state index is 12.8. The number of hydrogen-bond acceptors (Lipinski definition) is 3. The van der Waals surface area contributed by atoms with Crippen molar-refractivity contribution in [1.29, 1.82) is 0 Å². The summed E-state index contributed by atoms with van der Waals surface area (Å²) in [5.74, 6) is -0.618. The van der Waals surface area contributed by atoms with Gasteiger partial charge in [-0.05, 0) is 32.4 Å². The van der Waals surface area contributed by atoms with Crippen LogP contribution >= 0.6 is 11.8 Å². The Balaban J connectivity index is 2.34. The van der Waals surface area contributed by atoms with Crippen molar-refractivity contribution in [3.8, 4) is 0 Å². The van der Waals surface area contributed by atoms with Crippen molar-refractivity contribution < 1.29 is 14.7 Å². The van der Waals surface area contributed by atoms with Gasteiger partial charge in [0.2, 0.25) is 0 Å². The van der Waals surface area contributed by atoms with Crippen LogP contribution in [0.4, 0.5) is 0 Å². The molecule has 2 atom stereocenters. The van der Waals surface area contributed by atoms with E-state index in [1.54, 1.807) is 16.7 Å². The zero-order valence-electron chi connectivity index (χ0n) is 12.6. The van der Waals surface area contributed by atoms with Gasteiger partial charge in [-0.1, -0.05) is 30.5 Å². The standard InChI is InChI=1S/C16H21NO3S/c1-4-5-14-17(13(9-21-14)16(19)20)15(18)12-7-10(2)6-11(3)8-12/h6-8,13-14H,4-5,9H2,1-3H3,(H,19,20). The van der Waals surface area contributed by atoms with E-state index in [2.05, 4.69) is 0 Å². The van der Waals surface area contributed by atoms with Gasteiger partial charge in [0.15, 0.2) is 0 Å². The van der Waals surface area contributed by atoms with Crippen molar-refractivity contribution in [1.82, 2.24) is 4.90 Å². The summed E-state index contributed by atoms with van der Waals surface area (Å²) in [6.07, 6.45) is 1.76. The Bertz CT molecular complexity index is 538. The maximum atomic E-state index is 12.8. The molecule has 1 aromatic rings. The summed E-state index contributed by atoms with van der Waals surface area (Å²) in [5.41, 5.74) is 2.62. The molecule has 0 aliphatic carbocycles. The number of hydrogen-bond donors (Lipinski definition) is 1. The van der Waals surface area contributed by atoms with Gasteiger partial charge >= 0.3 is 5.97 Å². The van der Waals surface area contributed by atoms with Crippen molar-refractivity contribution in [3.63, 3.8) is 0 Å². The maximum Gasteiger partial charge on any atom is 0.327 e. The minimum Gasteiger partial charge on any atom is -0.480 e. The van der Waals surface area contributed by atoms with E-state index in [4.69, 9.17) is 0 Å². The van der Waals surface area contributed by atoms with Crippen LogP contribution in [0.25, 0.3) is 0 Å². The first-order chi connectivity index (χ1) is 9.93. The summed E-state index contributed by atoms with van der Waals surface area (Å²) >= 11 is 1.57. The zero-order chi connectivity index (χ0) is 15.6. The predicted molar refractivity (Wildman–Crippen MR) is 84.7 cm³/mol. The molecule has 2 rings (SSSR count). The second kappa shape index (κ2) is 6.52. The average Bonchev–Trinajstić information content (AvgIpc) is 2.81. The number of thioether (sulfide) groups is 1. The second-order valence-corrected chi connectivity index (χ2v) is 6.73. The van der Waals surface area contributed by atoms with E-state index in [0.717, 1.165) is 24.0 Å². The van der Waals surface area contributed by atoms with Crippen LogP contribution in [0, 0.1) is 13.8 Å². The molecule has 0 radical (unpaired) electrons. The summed E-state index contributed by atoms with van der Waals surface area (Å²) in [6.45, 7) is 5.94. The minimum atomic E-state index is -0.918. The van der Waals surface area contributed by atoms with Crippen molar-refractivity contribution in [3.05, 3.63) is 34.9 Å². The van der Waals surface area contributed by atoms with Crippen LogP contribution in [-0.4, -0.2) is 39.1 Å². The molecule has 1 aromatic carbocycles. The lowest BCUT2D eigenvalue weighted by Gasteiger charge is -2.27.